The molecule has 2 nitrogen and oxygen atoms in total. The Balaban J connectivity index is 1.89. The predicted octanol–water partition coefficient (Wildman–Crippen LogP) is 2.78. The third-order valence-electron chi connectivity index (χ3n) is 4.13. The summed E-state index contributed by atoms with van der Waals surface area (Å²) in [5.74, 6) is -0.185. The zero-order valence-electron chi connectivity index (χ0n) is 11.0. The van der Waals surface area contributed by atoms with Gasteiger partial charge in [-0.2, -0.15) is 0 Å². The van der Waals surface area contributed by atoms with Crippen LogP contribution < -0.4 is 5.32 Å². The summed E-state index contributed by atoms with van der Waals surface area (Å²) in [4.78, 5) is 0. The van der Waals surface area contributed by atoms with Gasteiger partial charge in [0.15, 0.2) is 0 Å². The number of hydrogen-bond acceptors (Lipinski definition) is 2. The van der Waals surface area contributed by atoms with Crippen LogP contribution in [0.15, 0.2) is 18.2 Å². The van der Waals surface area contributed by atoms with Crippen molar-refractivity contribution in [3.8, 4) is 0 Å². The Kier molecular flexibility index (Phi) is 4.36. The first-order valence-electron chi connectivity index (χ1n) is 6.72. The van der Waals surface area contributed by atoms with E-state index < -0.39 is 0 Å². The van der Waals surface area contributed by atoms with E-state index in [1.807, 2.05) is 13.0 Å². The third kappa shape index (κ3) is 3.09. The van der Waals surface area contributed by atoms with Gasteiger partial charge < -0.3 is 10.4 Å². The van der Waals surface area contributed by atoms with E-state index in [2.05, 4.69) is 5.32 Å². The number of benzene rings is 1. The number of rotatable bonds is 5. The maximum absolute atomic E-state index is 13.1. The SMILES string of the molecule is Cc1ccc(F)cc1CNCC1(CO)CCCC1. The number of halogens is 1. The fourth-order valence-electron chi connectivity index (χ4n) is 2.81. The number of hydrogen-bond donors (Lipinski definition) is 2. The summed E-state index contributed by atoms with van der Waals surface area (Å²) in [6.45, 7) is 3.74. The fourth-order valence-corrected chi connectivity index (χ4v) is 2.81. The molecule has 1 aliphatic carbocycles. The van der Waals surface area contributed by atoms with Crippen molar-refractivity contribution in [3.05, 3.63) is 35.1 Å². The number of aliphatic hydroxyl groups excluding tert-OH is 1. The second kappa shape index (κ2) is 5.81. The van der Waals surface area contributed by atoms with Gasteiger partial charge in [-0.25, -0.2) is 4.39 Å². The topological polar surface area (TPSA) is 32.3 Å². The van der Waals surface area contributed by atoms with E-state index in [0.717, 1.165) is 30.5 Å². The van der Waals surface area contributed by atoms with Gasteiger partial charge in [0.2, 0.25) is 0 Å². The molecule has 18 heavy (non-hydrogen) atoms. The van der Waals surface area contributed by atoms with Crippen molar-refractivity contribution in [3.63, 3.8) is 0 Å². The molecule has 1 aliphatic rings. The Morgan fingerprint density at radius 2 is 2.06 bits per heavy atom. The van der Waals surface area contributed by atoms with Crippen molar-refractivity contribution in [2.24, 2.45) is 5.41 Å². The molecule has 0 aliphatic heterocycles. The van der Waals surface area contributed by atoms with Crippen LogP contribution in [0.5, 0.6) is 0 Å². The molecule has 0 spiro atoms. The van der Waals surface area contributed by atoms with E-state index in [9.17, 15) is 9.50 Å². The van der Waals surface area contributed by atoms with Crippen molar-refractivity contribution in [1.29, 1.82) is 0 Å². The molecular formula is C15H22FNO. The van der Waals surface area contributed by atoms with Gasteiger partial charge in [-0.15, -0.1) is 0 Å². The molecule has 0 heterocycles. The van der Waals surface area contributed by atoms with Gasteiger partial charge in [-0.1, -0.05) is 18.9 Å². The highest BCUT2D eigenvalue weighted by Crippen LogP contribution is 2.36. The van der Waals surface area contributed by atoms with Crippen LogP contribution in [0, 0.1) is 18.2 Å². The first kappa shape index (κ1) is 13.5. The lowest BCUT2D eigenvalue weighted by Gasteiger charge is -2.26. The van der Waals surface area contributed by atoms with Gasteiger partial charge in [0.25, 0.3) is 0 Å². The van der Waals surface area contributed by atoms with Crippen LogP contribution in [-0.4, -0.2) is 18.3 Å². The molecule has 100 valence electrons. The summed E-state index contributed by atoms with van der Waals surface area (Å²) < 4.78 is 13.1. The van der Waals surface area contributed by atoms with Crippen molar-refractivity contribution in [2.75, 3.05) is 13.2 Å². The predicted molar refractivity (Wildman–Crippen MR) is 70.8 cm³/mol. The van der Waals surface area contributed by atoms with Crippen molar-refractivity contribution >= 4 is 0 Å². The maximum atomic E-state index is 13.1. The van der Waals surface area contributed by atoms with Crippen LogP contribution in [-0.2, 0) is 6.54 Å². The zero-order chi connectivity index (χ0) is 13.0. The van der Waals surface area contributed by atoms with Crippen LogP contribution in [0.1, 0.15) is 36.8 Å². The molecule has 1 aromatic carbocycles. The monoisotopic (exact) mass is 251 g/mol. The van der Waals surface area contributed by atoms with Gasteiger partial charge in [0.05, 0.1) is 0 Å². The van der Waals surface area contributed by atoms with Crippen molar-refractivity contribution < 1.29 is 9.50 Å². The minimum atomic E-state index is -0.185. The zero-order valence-corrected chi connectivity index (χ0v) is 11.0. The Morgan fingerprint density at radius 3 is 2.72 bits per heavy atom. The van der Waals surface area contributed by atoms with Crippen LogP contribution in [0.3, 0.4) is 0 Å². The standard InChI is InChI=1S/C15H22FNO/c1-12-4-5-14(16)8-13(12)9-17-10-15(11-18)6-2-3-7-15/h4-5,8,17-18H,2-3,6-7,9-11H2,1H3. The second-order valence-electron chi connectivity index (χ2n) is 5.54. The first-order valence-corrected chi connectivity index (χ1v) is 6.72. The van der Waals surface area contributed by atoms with E-state index in [1.165, 1.54) is 18.9 Å². The van der Waals surface area contributed by atoms with Gasteiger partial charge in [-0.05, 0) is 43.0 Å². The molecule has 0 amide bonds. The molecule has 0 radical (unpaired) electrons. The maximum Gasteiger partial charge on any atom is 0.123 e. The third-order valence-corrected chi connectivity index (χ3v) is 4.13. The van der Waals surface area contributed by atoms with Crippen LogP contribution >= 0.6 is 0 Å². The minimum Gasteiger partial charge on any atom is -0.396 e. The van der Waals surface area contributed by atoms with Crippen LogP contribution in [0.2, 0.25) is 0 Å². The van der Waals surface area contributed by atoms with Crippen LogP contribution in [0.25, 0.3) is 0 Å². The van der Waals surface area contributed by atoms with E-state index in [4.69, 9.17) is 0 Å². The highest BCUT2D eigenvalue weighted by atomic mass is 19.1. The summed E-state index contributed by atoms with van der Waals surface area (Å²) in [7, 11) is 0. The summed E-state index contributed by atoms with van der Waals surface area (Å²) in [5, 5.41) is 12.9. The molecule has 0 unspecified atom stereocenters. The number of nitrogens with one attached hydrogen (secondary N) is 1. The van der Waals surface area contributed by atoms with Gasteiger partial charge >= 0.3 is 0 Å². The summed E-state index contributed by atoms with van der Waals surface area (Å²) in [6.07, 6.45) is 4.61. The lowest BCUT2D eigenvalue weighted by atomic mass is 9.87. The Labute approximate surface area is 108 Å². The number of aryl methyl sites for hydroxylation is 1. The summed E-state index contributed by atoms with van der Waals surface area (Å²) in [5.41, 5.74) is 2.16. The quantitative estimate of drug-likeness (QED) is 0.843. The van der Waals surface area contributed by atoms with E-state index >= 15 is 0 Å². The van der Waals surface area contributed by atoms with Crippen LogP contribution in [0.4, 0.5) is 4.39 Å². The lowest BCUT2D eigenvalue weighted by Crippen LogP contribution is -2.34. The molecule has 1 aromatic rings. The Morgan fingerprint density at radius 1 is 1.33 bits per heavy atom. The highest BCUT2D eigenvalue weighted by molar-refractivity contribution is 5.26. The molecule has 1 fully saturated rings. The molecule has 3 heteroatoms. The molecule has 0 bridgehead atoms. The Hall–Kier alpha value is -0.930. The van der Waals surface area contributed by atoms with E-state index in [1.54, 1.807) is 6.07 Å². The molecule has 2 N–H and O–H groups in total. The van der Waals surface area contributed by atoms with E-state index in [0.29, 0.717) is 6.54 Å². The van der Waals surface area contributed by atoms with Gasteiger partial charge in [0.1, 0.15) is 5.82 Å². The highest BCUT2D eigenvalue weighted by Gasteiger charge is 2.32. The van der Waals surface area contributed by atoms with E-state index in [-0.39, 0.29) is 17.8 Å². The second-order valence-corrected chi connectivity index (χ2v) is 5.54. The van der Waals surface area contributed by atoms with Crippen molar-refractivity contribution in [2.45, 2.75) is 39.2 Å². The summed E-state index contributed by atoms with van der Waals surface area (Å²) in [6, 6.07) is 4.89. The smallest absolute Gasteiger partial charge is 0.123 e. The lowest BCUT2D eigenvalue weighted by molar-refractivity contribution is 0.128. The fraction of sp³-hybridized carbons (Fsp3) is 0.600. The molecular weight excluding hydrogens is 229 g/mol. The first-order chi connectivity index (χ1) is 8.65. The average Bonchev–Trinajstić information content (AvgIpc) is 2.83. The molecule has 1 saturated carbocycles. The summed E-state index contributed by atoms with van der Waals surface area (Å²) >= 11 is 0. The van der Waals surface area contributed by atoms with Gasteiger partial charge in [0, 0.05) is 25.1 Å². The minimum absolute atomic E-state index is 0.0568. The Bertz CT molecular complexity index is 399. The normalized spacial score (nSPS) is 18.2. The largest absolute Gasteiger partial charge is 0.396 e. The average molecular weight is 251 g/mol. The van der Waals surface area contributed by atoms with Crippen molar-refractivity contribution in [1.82, 2.24) is 5.32 Å². The molecule has 0 atom stereocenters. The molecule has 0 saturated heterocycles. The molecule has 2 rings (SSSR count). The van der Waals surface area contributed by atoms with Gasteiger partial charge in [-0.3, -0.25) is 0 Å². The molecule has 0 aromatic heterocycles. The number of aliphatic hydroxyl groups is 1.